The second-order valence-electron chi connectivity index (χ2n) is 5.17. The van der Waals surface area contributed by atoms with Crippen LogP contribution in [0.2, 0.25) is 0 Å². The quantitative estimate of drug-likeness (QED) is 0.622. The summed E-state index contributed by atoms with van der Waals surface area (Å²) in [5, 5.41) is 0. The topological polar surface area (TPSA) is 0 Å². The monoisotopic (exact) mass is 212 g/mol. The fraction of sp³-hybridized carbons (Fsp3) is 0.500. The van der Waals surface area contributed by atoms with E-state index in [1.54, 1.807) is 11.1 Å². The third-order valence-corrected chi connectivity index (χ3v) is 4.13. The van der Waals surface area contributed by atoms with Crippen molar-refractivity contribution in [3.63, 3.8) is 0 Å². The Morgan fingerprint density at radius 3 is 2.56 bits per heavy atom. The lowest BCUT2D eigenvalue weighted by Crippen LogP contribution is -2.09. The normalized spacial score (nSPS) is 25.6. The van der Waals surface area contributed by atoms with Crippen molar-refractivity contribution >= 4 is 0 Å². The van der Waals surface area contributed by atoms with Crippen LogP contribution in [0.1, 0.15) is 44.9 Å². The van der Waals surface area contributed by atoms with Crippen molar-refractivity contribution in [1.29, 1.82) is 0 Å². The van der Waals surface area contributed by atoms with Gasteiger partial charge in [0.2, 0.25) is 0 Å². The third kappa shape index (κ3) is 1.81. The molecule has 0 amide bonds. The highest BCUT2D eigenvalue weighted by Crippen LogP contribution is 2.39. The molecule has 0 atom stereocenters. The zero-order valence-electron chi connectivity index (χ0n) is 9.91. The predicted octanol–water partition coefficient (Wildman–Crippen LogP) is 4.71. The number of hydrogen-bond acceptors (Lipinski definition) is 0. The molecule has 0 unspecified atom stereocenters. The van der Waals surface area contributed by atoms with E-state index in [2.05, 4.69) is 30.4 Å². The van der Waals surface area contributed by atoms with Gasteiger partial charge in [0.05, 0.1) is 0 Å². The van der Waals surface area contributed by atoms with E-state index in [-0.39, 0.29) is 0 Å². The minimum absolute atomic E-state index is 0.859. The Morgan fingerprint density at radius 1 is 0.938 bits per heavy atom. The maximum atomic E-state index is 2.40. The Balaban J connectivity index is 1.86. The van der Waals surface area contributed by atoms with E-state index < -0.39 is 0 Å². The van der Waals surface area contributed by atoms with Crippen molar-refractivity contribution in [2.45, 2.75) is 44.9 Å². The molecule has 3 rings (SSSR count). The standard InChI is InChI=1S/C16H20/c1-2-7-13(8-3-1)15-11-6-12-16(15)14-9-4-5-10-14/h4,6,9-11,13H,1-3,5,7-8,12H2. The second kappa shape index (κ2) is 4.45. The summed E-state index contributed by atoms with van der Waals surface area (Å²) in [5.74, 6) is 0.859. The van der Waals surface area contributed by atoms with Gasteiger partial charge >= 0.3 is 0 Å². The van der Waals surface area contributed by atoms with Gasteiger partial charge in [0.15, 0.2) is 0 Å². The van der Waals surface area contributed by atoms with Gasteiger partial charge in [-0.25, -0.2) is 0 Å². The first-order chi connectivity index (χ1) is 7.95. The molecule has 0 N–H and O–H groups in total. The Kier molecular flexibility index (Phi) is 2.82. The van der Waals surface area contributed by atoms with Crippen LogP contribution >= 0.6 is 0 Å². The summed E-state index contributed by atoms with van der Waals surface area (Å²) in [5.41, 5.74) is 4.80. The van der Waals surface area contributed by atoms with E-state index in [1.165, 1.54) is 44.1 Å². The van der Waals surface area contributed by atoms with E-state index in [4.69, 9.17) is 0 Å². The molecule has 84 valence electrons. The van der Waals surface area contributed by atoms with E-state index in [1.807, 2.05) is 0 Å². The fourth-order valence-electron chi connectivity index (χ4n) is 3.28. The minimum Gasteiger partial charge on any atom is -0.0801 e. The van der Waals surface area contributed by atoms with Gasteiger partial charge in [-0.15, -0.1) is 0 Å². The van der Waals surface area contributed by atoms with Crippen molar-refractivity contribution in [3.8, 4) is 0 Å². The van der Waals surface area contributed by atoms with Crippen LogP contribution in [-0.4, -0.2) is 0 Å². The maximum absolute atomic E-state index is 2.40. The molecule has 0 heteroatoms. The summed E-state index contributed by atoms with van der Waals surface area (Å²) in [6.07, 6.45) is 21.2. The Bertz CT molecular complexity index is 384. The van der Waals surface area contributed by atoms with Crippen molar-refractivity contribution in [2.24, 2.45) is 5.92 Å². The first-order valence-electron chi connectivity index (χ1n) is 6.72. The molecule has 0 radical (unpaired) electrons. The molecule has 0 saturated heterocycles. The molecule has 0 bridgehead atoms. The summed E-state index contributed by atoms with van der Waals surface area (Å²) >= 11 is 0. The highest BCUT2D eigenvalue weighted by Gasteiger charge is 2.22. The van der Waals surface area contributed by atoms with Crippen molar-refractivity contribution in [2.75, 3.05) is 0 Å². The highest BCUT2D eigenvalue weighted by atomic mass is 14.3. The summed E-state index contributed by atoms with van der Waals surface area (Å²) < 4.78 is 0. The molecule has 0 aliphatic heterocycles. The average Bonchev–Trinajstić information content (AvgIpc) is 3.01. The highest BCUT2D eigenvalue weighted by molar-refractivity contribution is 5.53. The van der Waals surface area contributed by atoms with Crippen LogP contribution in [0.25, 0.3) is 0 Å². The molecule has 1 saturated carbocycles. The van der Waals surface area contributed by atoms with Crippen LogP contribution in [0.15, 0.2) is 47.1 Å². The molecular weight excluding hydrogens is 192 g/mol. The van der Waals surface area contributed by atoms with Crippen LogP contribution in [0, 0.1) is 5.92 Å². The Hall–Kier alpha value is -1.04. The molecular formula is C16H20. The average molecular weight is 212 g/mol. The first-order valence-corrected chi connectivity index (χ1v) is 6.72. The molecule has 0 spiro atoms. The molecule has 0 aromatic carbocycles. The van der Waals surface area contributed by atoms with E-state index in [9.17, 15) is 0 Å². The minimum atomic E-state index is 0.859. The second-order valence-corrected chi connectivity index (χ2v) is 5.17. The maximum Gasteiger partial charge on any atom is -0.00856 e. The lowest BCUT2D eigenvalue weighted by Gasteiger charge is -2.23. The molecule has 0 aromatic rings. The van der Waals surface area contributed by atoms with Crippen LogP contribution in [0.4, 0.5) is 0 Å². The first kappa shape index (κ1) is 10.1. The molecule has 3 aliphatic rings. The number of allylic oxidation sites excluding steroid dienone is 8. The number of hydrogen-bond donors (Lipinski definition) is 0. The van der Waals surface area contributed by atoms with E-state index in [0.717, 1.165) is 12.3 Å². The van der Waals surface area contributed by atoms with Crippen LogP contribution in [-0.2, 0) is 0 Å². The molecule has 0 nitrogen and oxygen atoms in total. The largest absolute Gasteiger partial charge is 0.0801 e. The lowest BCUT2D eigenvalue weighted by atomic mass is 9.81. The Labute approximate surface area is 98.4 Å². The van der Waals surface area contributed by atoms with E-state index in [0.29, 0.717) is 0 Å². The van der Waals surface area contributed by atoms with E-state index >= 15 is 0 Å². The van der Waals surface area contributed by atoms with Gasteiger partial charge in [-0.05, 0) is 48.3 Å². The fourth-order valence-corrected chi connectivity index (χ4v) is 3.28. The van der Waals surface area contributed by atoms with Gasteiger partial charge in [0.25, 0.3) is 0 Å². The summed E-state index contributed by atoms with van der Waals surface area (Å²) in [6, 6.07) is 0. The van der Waals surface area contributed by atoms with Gasteiger partial charge < -0.3 is 0 Å². The third-order valence-electron chi connectivity index (χ3n) is 4.13. The SMILES string of the molecule is C1=CC(C2=C(C3CCCCC3)C=CC2)=CC1. The smallest absolute Gasteiger partial charge is 0.00856 e. The van der Waals surface area contributed by atoms with Gasteiger partial charge in [0.1, 0.15) is 0 Å². The van der Waals surface area contributed by atoms with Crippen LogP contribution < -0.4 is 0 Å². The summed E-state index contributed by atoms with van der Waals surface area (Å²) in [7, 11) is 0. The molecule has 0 aromatic heterocycles. The van der Waals surface area contributed by atoms with Gasteiger partial charge in [0, 0.05) is 0 Å². The lowest BCUT2D eigenvalue weighted by molar-refractivity contribution is 0.407. The van der Waals surface area contributed by atoms with Crippen molar-refractivity contribution in [3.05, 3.63) is 47.1 Å². The summed E-state index contributed by atoms with van der Waals surface area (Å²) in [4.78, 5) is 0. The van der Waals surface area contributed by atoms with Crippen molar-refractivity contribution < 1.29 is 0 Å². The molecule has 16 heavy (non-hydrogen) atoms. The number of rotatable bonds is 2. The van der Waals surface area contributed by atoms with Gasteiger partial charge in [-0.1, -0.05) is 49.6 Å². The molecule has 3 aliphatic carbocycles. The molecule has 0 heterocycles. The van der Waals surface area contributed by atoms with Crippen molar-refractivity contribution in [1.82, 2.24) is 0 Å². The molecule has 1 fully saturated rings. The van der Waals surface area contributed by atoms with Crippen LogP contribution in [0.3, 0.4) is 0 Å². The zero-order valence-corrected chi connectivity index (χ0v) is 9.91. The summed E-state index contributed by atoms with van der Waals surface area (Å²) in [6.45, 7) is 0. The Morgan fingerprint density at radius 2 is 1.81 bits per heavy atom. The van der Waals surface area contributed by atoms with Gasteiger partial charge in [-0.2, -0.15) is 0 Å². The van der Waals surface area contributed by atoms with Crippen LogP contribution in [0.5, 0.6) is 0 Å². The zero-order chi connectivity index (χ0) is 10.8. The van der Waals surface area contributed by atoms with Gasteiger partial charge in [-0.3, -0.25) is 0 Å². The predicted molar refractivity (Wildman–Crippen MR) is 69.2 cm³/mol.